The second-order valence-corrected chi connectivity index (χ2v) is 7.98. The molecule has 5 aromatic rings. The van der Waals surface area contributed by atoms with Crippen LogP contribution in [0.25, 0.3) is 17.0 Å². The number of aromatic nitrogens is 8. The summed E-state index contributed by atoms with van der Waals surface area (Å²) in [4.78, 5) is 22.5. The van der Waals surface area contributed by atoms with E-state index in [4.69, 9.17) is 16.0 Å². The summed E-state index contributed by atoms with van der Waals surface area (Å²) in [5.74, 6) is -0.920. The lowest BCUT2D eigenvalue weighted by Crippen LogP contribution is -2.41. The zero-order valence-electron chi connectivity index (χ0n) is 17.1. The number of alkyl halides is 2. The van der Waals surface area contributed by atoms with E-state index in [1.807, 2.05) is 0 Å². The van der Waals surface area contributed by atoms with Gasteiger partial charge in [-0.05, 0) is 18.2 Å². The molecule has 34 heavy (non-hydrogen) atoms. The normalized spacial score (nSPS) is 15.9. The molecule has 11 nitrogen and oxygen atoms in total. The summed E-state index contributed by atoms with van der Waals surface area (Å²) in [7, 11) is 0. The average molecular weight is 486 g/mol. The van der Waals surface area contributed by atoms with E-state index in [0.29, 0.717) is 39.6 Å². The van der Waals surface area contributed by atoms with Crippen molar-refractivity contribution in [3.63, 3.8) is 0 Å². The van der Waals surface area contributed by atoms with Crippen molar-refractivity contribution in [2.75, 3.05) is 6.54 Å². The summed E-state index contributed by atoms with van der Waals surface area (Å²) in [6.07, 6.45) is 6.09. The van der Waals surface area contributed by atoms with E-state index in [0.717, 1.165) is 18.1 Å². The SMILES string of the molecule is O=C(c1nnc(-c2cnn(C(F)F)c2)o1)N1CCc2[nH]cnc2[C@H]1c1cc2c(Cl)cccn2n1. The lowest BCUT2D eigenvalue weighted by molar-refractivity contribution is 0.0566. The summed E-state index contributed by atoms with van der Waals surface area (Å²) in [6, 6.07) is 4.69. The Morgan fingerprint density at radius 3 is 3.00 bits per heavy atom. The minimum Gasteiger partial charge on any atom is -0.412 e. The highest BCUT2D eigenvalue weighted by atomic mass is 35.5. The van der Waals surface area contributed by atoms with Crippen molar-refractivity contribution in [2.24, 2.45) is 0 Å². The number of rotatable bonds is 4. The highest BCUT2D eigenvalue weighted by Gasteiger charge is 2.38. The van der Waals surface area contributed by atoms with Gasteiger partial charge in [0.05, 0.1) is 40.0 Å². The van der Waals surface area contributed by atoms with Crippen LogP contribution in [0.3, 0.4) is 0 Å². The number of H-pyrrole nitrogens is 1. The highest BCUT2D eigenvalue weighted by Crippen LogP contribution is 2.35. The zero-order valence-corrected chi connectivity index (χ0v) is 17.9. The molecule has 0 saturated carbocycles. The lowest BCUT2D eigenvalue weighted by Gasteiger charge is -2.32. The van der Waals surface area contributed by atoms with Crippen LogP contribution in [-0.2, 0) is 6.42 Å². The van der Waals surface area contributed by atoms with E-state index in [-0.39, 0.29) is 17.3 Å². The number of fused-ring (bicyclic) bond motifs is 2. The molecule has 6 heterocycles. The molecule has 0 saturated heterocycles. The van der Waals surface area contributed by atoms with Gasteiger partial charge in [-0.15, -0.1) is 10.2 Å². The molecule has 6 rings (SSSR count). The van der Waals surface area contributed by atoms with Gasteiger partial charge in [-0.1, -0.05) is 11.6 Å². The average Bonchev–Trinajstić information content (AvgIpc) is 3.62. The second-order valence-electron chi connectivity index (χ2n) is 7.57. The minimum atomic E-state index is -2.81. The van der Waals surface area contributed by atoms with E-state index in [2.05, 4.69) is 30.4 Å². The van der Waals surface area contributed by atoms with E-state index in [1.165, 1.54) is 0 Å². The molecule has 1 atom stereocenters. The third-order valence-corrected chi connectivity index (χ3v) is 5.91. The number of halogens is 3. The van der Waals surface area contributed by atoms with Crippen molar-refractivity contribution in [3.8, 4) is 11.5 Å². The number of nitrogens with zero attached hydrogens (tertiary/aromatic N) is 8. The van der Waals surface area contributed by atoms with Crippen LogP contribution in [0.5, 0.6) is 0 Å². The number of amides is 1. The quantitative estimate of drug-likeness (QED) is 0.415. The van der Waals surface area contributed by atoms with Gasteiger partial charge in [-0.25, -0.2) is 14.2 Å². The first-order valence-electron chi connectivity index (χ1n) is 10.1. The Kier molecular flexibility index (Phi) is 4.65. The molecule has 0 aliphatic carbocycles. The van der Waals surface area contributed by atoms with Crippen LogP contribution in [0, 0.1) is 0 Å². The third-order valence-electron chi connectivity index (χ3n) is 5.59. The summed E-state index contributed by atoms with van der Waals surface area (Å²) in [6.45, 7) is -2.48. The first kappa shape index (κ1) is 20.5. The van der Waals surface area contributed by atoms with Crippen molar-refractivity contribution in [2.45, 2.75) is 19.0 Å². The topological polar surface area (TPSA) is 123 Å². The molecule has 0 bridgehead atoms. The van der Waals surface area contributed by atoms with Crippen LogP contribution in [0.1, 0.15) is 40.4 Å². The first-order chi connectivity index (χ1) is 16.5. The molecule has 0 unspecified atom stereocenters. The summed E-state index contributed by atoms with van der Waals surface area (Å²) < 4.78 is 33.3. The Hall–Kier alpha value is -4.13. The zero-order chi connectivity index (χ0) is 23.4. The molecular weight excluding hydrogens is 472 g/mol. The van der Waals surface area contributed by atoms with Gasteiger partial charge >= 0.3 is 18.3 Å². The van der Waals surface area contributed by atoms with Crippen LogP contribution in [0.2, 0.25) is 5.02 Å². The monoisotopic (exact) mass is 485 g/mol. The van der Waals surface area contributed by atoms with Gasteiger partial charge in [-0.3, -0.25) is 4.79 Å². The number of hydrogen-bond acceptors (Lipinski definition) is 7. The van der Waals surface area contributed by atoms with E-state index in [1.54, 1.807) is 40.1 Å². The molecule has 0 aromatic carbocycles. The standard InChI is InChI=1S/C20H14ClF2N9O2/c21-11-2-1-4-31-14(11)6-13(29-31)16-15-12(24-9-25-15)3-5-30(16)19(33)18-28-27-17(34-18)10-7-26-32(8-10)20(22)23/h1-2,4,6-9,16,20H,3,5H2,(H,24,25)/t16-/m1/s1. The van der Waals surface area contributed by atoms with Gasteiger partial charge < -0.3 is 14.3 Å². The number of hydrogen-bond donors (Lipinski definition) is 1. The Morgan fingerprint density at radius 1 is 1.32 bits per heavy atom. The molecule has 5 aromatic heterocycles. The number of pyridine rings is 1. The Morgan fingerprint density at radius 2 is 2.21 bits per heavy atom. The van der Waals surface area contributed by atoms with Crippen molar-refractivity contribution < 1.29 is 18.0 Å². The number of imidazole rings is 1. The molecule has 1 amide bonds. The summed E-state index contributed by atoms with van der Waals surface area (Å²) >= 11 is 6.32. The Balaban J connectivity index is 1.37. The molecule has 1 aliphatic heterocycles. The molecule has 172 valence electrons. The minimum absolute atomic E-state index is 0.0937. The van der Waals surface area contributed by atoms with Crippen LogP contribution in [0.4, 0.5) is 8.78 Å². The van der Waals surface area contributed by atoms with Crippen LogP contribution >= 0.6 is 11.6 Å². The first-order valence-corrected chi connectivity index (χ1v) is 10.5. The van der Waals surface area contributed by atoms with Gasteiger partial charge in [0, 0.05) is 31.1 Å². The molecule has 0 spiro atoms. The van der Waals surface area contributed by atoms with Gasteiger partial charge in [-0.2, -0.15) is 19.0 Å². The molecule has 14 heteroatoms. The molecule has 1 N–H and O–H groups in total. The Bertz CT molecular complexity index is 1520. The fourth-order valence-electron chi connectivity index (χ4n) is 4.03. The van der Waals surface area contributed by atoms with Crippen LogP contribution in [-0.4, -0.2) is 56.9 Å². The van der Waals surface area contributed by atoms with Gasteiger partial charge in [0.15, 0.2) is 0 Å². The van der Waals surface area contributed by atoms with E-state index in [9.17, 15) is 13.6 Å². The fraction of sp³-hybridized carbons (Fsp3) is 0.200. The maximum absolute atomic E-state index is 13.4. The van der Waals surface area contributed by atoms with Crippen LogP contribution in [0.15, 0.2) is 47.5 Å². The molecule has 0 radical (unpaired) electrons. The predicted octanol–water partition coefficient (Wildman–Crippen LogP) is 3.14. The largest absolute Gasteiger partial charge is 0.412 e. The van der Waals surface area contributed by atoms with E-state index < -0.39 is 18.5 Å². The molecule has 1 aliphatic rings. The van der Waals surface area contributed by atoms with Gasteiger partial charge in [0.2, 0.25) is 0 Å². The fourth-order valence-corrected chi connectivity index (χ4v) is 4.25. The molecular formula is C20H14ClF2N9O2. The summed E-state index contributed by atoms with van der Waals surface area (Å²) in [5, 5.41) is 16.3. The predicted molar refractivity (Wildman–Crippen MR) is 112 cm³/mol. The maximum atomic E-state index is 13.4. The van der Waals surface area contributed by atoms with Crippen LogP contribution < -0.4 is 0 Å². The molecule has 0 fully saturated rings. The highest BCUT2D eigenvalue weighted by molar-refractivity contribution is 6.33. The Labute approximate surface area is 194 Å². The summed E-state index contributed by atoms with van der Waals surface area (Å²) in [5.41, 5.74) is 2.96. The van der Waals surface area contributed by atoms with Crippen molar-refractivity contribution in [3.05, 3.63) is 71.1 Å². The number of nitrogens with one attached hydrogen (secondary N) is 1. The number of aromatic amines is 1. The van der Waals surface area contributed by atoms with Crippen molar-refractivity contribution in [1.82, 2.24) is 44.5 Å². The van der Waals surface area contributed by atoms with E-state index >= 15 is 0 Å². The number of carbonyl (C=O) groups excluding carboxylic acids is 1. The maximum Gasteiger partial charge on any atom is 0.333 e. The lowest BCUT2D eigenvalue weighted by atomic mass is 9.99. The van der Waals surface area contributed by atoms with Gasteiger partial charge in [0.25, 0.3) is 5.89 Å². The third kappa shape index (κ3) is 3.23. The van der Waals surface area contributed by atoms with Crippen molar-refractivity contribution >= 4 is 23.0 Å². The van der Waals surface area contributed by atoms with Crippen molar-refractivity contribution in [1.29, 1.82) is 0 Å². The number of carbonyl (C=O) groups is 1. The second kappa shape index (κ2) is 7.73. The smallest absolute Gasteiger partial charge is 0.333 e. The van der Waals surface area contributed by atoms with Gasteiger partial charge in [0.1, 0.15) is 6.04 Å².